The minimum atomic E-state index is 0.0358. The Hall–Kier alpha value is -1.59. The van der Waals surface area contributed by atoms with E-state index in [0.717, 1.165) is 31.7 Å². The summed E-state index contributed by atoms with van der Waals surface area (Å²) in [5.74, 6) is 1.12. The third-order valence-electron chi connectivity index (χ3n) is 5.91. The second-order valence-electron chi connectivity index (χ2n) is 9.54. The Kier molecular flexibility index (Phi) is 8.53. The van der Waals surface area contributed by atoms with Crippen LogP contribution in [0.5, 0.6) is 5.75 Å². The van der Waals surface area contributed by atoms with Gasteiger partial charge in [0.25, 0.3) is 0 Å². The second-order valence-corrected chi connectivity index (χ2v) is 9.54. The van der Waals surface area contributed by atoms with Crippen molar-refractivity contribution in [3.63, 3.8) is 0 Å². The molecule has 0 aromatic heterocycles. The maximum atomic E-state index is 12.2. The van der Waals surface area contributed by atoms with Crippen molar-refractivity contribution in [1.29, 1.82) is 0 Å². The van der Waals surface area contributed by atoms with Crippen LogP contribution in [0.25, 0.3) is 0 Å². The third kappa shape index (κ3) is 7.00. The zero-order valence-electron chi connectivity index (χ0n) is 19.4. The summed E-state index contributed by atoms with van der Waals surface area (Å²) in [5.41, 5.74) is 3.90. The lowest BCUT2D eigenvalue weighted by Gasteiger charge is -2.37. The summed E-state index contributed by atoms with van der Waals surface area (Å²) in [6, 6.07) is 4.94. The van der Waals surface area contributed by atoms with Gasteiger partial charge >= 0.3 is 0 Å². The van der Waals surface area contributed by atoms with Crippen molar-refractivity contribution in [3.8, 4) is 5.75 Å². The van der Waals surface area contributed by atoms with E-state index in [-0.39, 0.29) is 11.3 Å². The Morgan fingerprint density at radius 2 is 1.83 bits per heavy atom. The molecule has 0 saturated carbocycles. The number of nitrogens with one attached hydrogen (secondary N) is 1. The first-order chi connectivity index (χ1) is 13.6. The van der Waals surface area contributed by atoms with Crippen molar-refractivity contribution in [3.05, 3.63) is 28.8 Å². The van der Waals surface area contributed by atoms with Gasteiger partial charge in [-0.3, -0.25) is 9.69 Å². The molecule has 1 aromatic rings. The predicted octanol–water partition coefficient (Wildman–Crippen LogP) is 4.41. The van der Waals surface area contributed by atoms with Crippen molar-refractivity contribution in [2.45, 2.75) is 72.9 Å². The molecule has 0 spiro atoms. The quantitative estimate of drug-likeness (QED) is 0.652. The number of nitrogens with zero attached hydrogens (tertiary/aromatic N) is 1. The number of carbonyl (C=O) groups excluding carboxylic acids is 1. The number of benzene rings is 1. The van der Waals surface area contributed by atoms with E-state index in [1.807, 2.05) is 0 Å². The zero-order chi connectivity index (χ0) is 21.6. The van der Waals surface area contributed by atoms with Crippen LogP contribution in [-0.4, -0.2) is 50.3 Å². The Balaban J connectivity index is 1.92. The molecule has 1 atom stereocenters. The maximum Gasteiger partial charge on any atom is 0.220 e. The summed E-state index contributed by atoms with van der Waals surface area (Å²) in [6.45, 7) is 16.1. The van der Waals surface area contributed by atoms with Crippen LogP contribution in [-0.2, 0) is 9.53 Å². The molecule has 0 radical (unpaired) electrons. The van der Waals surface area contributed by atoms with E-state index < -0.39 is 0 Å². The van der Waals surface area contributed by atoms with Crippen LogP contribution in [0.15, 0.2) is 12.1 Å². The normalized spacial score (nSPS) is 17.2. The molecule has 1 unspecified atom stereocenters. The molecule has 1 aliphatic rings. The Morgan fingerprint density at radius 1 is 1.17 bits per heavy atom. The highest BCUT2D eigenvalue weighted by Crippen LogP contribution is 2.32. The molecule has 5 nitrogen and oxygen atoms in total. The molecule has 1 saturated heterocycles. The monoisotopic (exact) mass is 404 g/mol. The molecule has 0 bridgehead atoms. The largest absolute Gasteiger partial charge is 0.491 e. The zero-order valence-corrected chi connectivity index (χ0v) is 19.4. The van der Waals surface area contributed by atoms with E-state index in [2.05, 4.69) is 63.9 Å². The number of methoxy groups -OCH3 is 1. The first-order valence-corrected chi connectivity index (χ1v) is 10.9. The molecule has 1 aromatic carbocycles. The second kappa shape index (κ2) is 10.4. The van der Waals surface area contributed by atoms with Crippen LogP contribution < -0.4 is 10.1 Å². The van der Waals surface area contributed by atoms with Gasteiger partial charge in [-0.05, 0) is 61.8 Å². The van der Waals surface area contributed by atoms with Crippen molar-refractivity contribution in [2.24, 2.45) is 5.41 Å². The van der Waals surface area contributed by atoms with Gasteiger partial charge in [0.15, 0.2) is 0 Å². The molecule has 1 amide bonds. The summed E-state index contributed by atoms with van der Waals surface area (Å²) >= 11 is 0. The predicted molar refractivity (Wildman–Crippen MR) is 119 cm³/mol. The topological polar surface area (TPSA) is 50.8 Å². The number of piperidine rings is 1. The van der Waals surface area contributed by atoms with Crippen LogP contribution in [0.2, 0.25) is 0 Å². The van der Waals surface area contributed by atoms with Gasteiger partial charge < -0.3 is 14.8 Å². The lowest BCUT2D eigenvalue weighted by molar-refractivity contribution is -0.123. The van der Waals surface area contributed by atoms with Gasteiger partial charge in [0.1, 0.15) is 12.4 Å². The van der Waals surface area contributed by atoms with Gasteiger partial charge in [0, 0.05) is 38.7 Å². The average Bonchev–Trinajstić information content (AvgIpc) is 2.64. The molecule has 1 aliphatic heterocycles. The molecule has 1 fully saturated rings. The Labute approximate surface area is 177 Å². The van der Waals surface area contributed by atoms with Gasteiger partial charge in [-0.15, -0.1) is 0 Å². The molecule has 164 valence electrons. The fourth-order valence-electron chi connectivity index (χ4n) is 4.05. The van der Waals surface area contributed by atoms with E-state index in [9.17, 15) is 4.79 Å². The molecule has 1 heterocycles. The standard InChI is InChI=1S/C24H40N2O3/c1-17-18(2)22(29-15-14-28-7)9-8-21(17)19(3)26-12-10-20(11-13-26)25-23(27)16-24(4,5)6/h8-9,19-20H,10-16H2,1-7H3,(H,25,27). The fraction of sp³-hybridized carbons (Fsp3) is 0.708. The van der Waals surface area contributed by atoms with E-state index in [0.29, 0.717) is 31.7 Å². The van der Waals surface area contributed by atoms with Crippen molar-refractivity contribution < 1.29 is 14.3 Å². The minimum absolute atomic E-state index is 0.0358. The first kappa shape index (κ1) is 23.7. The SMILES string of the molecule is COCCOc1ccc(C(C)N2CCC(NC(=O)CC(C)(C)C)CC2)c(C)c1C. The number of rotatable bonds is 8. The summed E-state index contributed by atoms with van der Waals surface area (Å²) in [4.78, 5) is 14.8. The average molecular weight is 405 g/mol. The van der Waals surface area contributed by atoms with Crippen LogP contribution >= 0.6 is 0 Å². The Morgan fingerprint density at radius 3 is 2.41 bits per heavy atom. The van der Waals surface area contributed by atoms with E-state index in [1.54, 1.807) is 7.11 Å². The smallest absolute Gasteiger partial charge is 0.220 e. The van der Waals surface area contributed by atoms with Crippen LogP contribution in [0.1, 0.15) is 69.7 Å². The molecule has 5 heteroatoms. The highest BCUT2D eigenvalue weighted by molar-refractivity contribution is 5.76. The highest BCUT2D eigenvalue weighted by Gasteiger charge is 2.26. The van der Waals surface area contributed by atoms with Crippen molar-refractivity contribution >= 4 is 5.91 Å². The van der Waals surface area contributed by atoms with Crippen molar-refractivity contribution in [1.82, 2.24) is 10.2 Å². The van der Waals surface area contributed by atoms with E-state index >= 15 is 0 Å². The molecular weight excluding hydrogens is 364 g/mol. The van der Waals surface area contributed by atoms with E-state index in [4.69, 9.17) is 9.47 Å². The summed E-state index contributed by atoms with van der Waals surface area (Å²) < 4.78 is 10.9. The minimum Gasteiger partial charge on any atom is -0.491 e. The summed E-state index contributed by atoms with van der Waals surface area (Å²) in [6.07, 6.45) is 2.60. The number of carbonyl (C=O) groups is 1. The lowest BCUT2D eigenvalue weighted by atomic mass is 9.91. The van der Waals surface area contributed by atoms with Crippen LogP contribution in [0.3, 0.4) is 0 Å². The van der Waals surface area contributed by atoms with Crippen LogP contribution in [0, 0.1) is 19.3 Å². The van der Waals surface area contributed by atoms with E-state index in [1.165, 1.54) is 16.7 Å². The molecule has 29 heavy (non-hydrogen) atoms. The summed E-state index contributed by atoms with van der Waals surface area (Å²) in [7, 11) is 1.69. The molecular formula is C24H40N2O3. The van der Waals surface area contributed by atoms with Crippen LogP contribution in [0.4, 0.5) is 0 Å². The number of amides is 1. The summed E-state index contributed by atoms with van der Waals surface area (Å²) in [5, 5.41) is 3.23. The van der Waals surface area contributed by atoms with Gasteiger partial charge in [-0.2, -0.15) is 0 Å². The van der Waals surface area contributed by atoms with Gasteiger partial charge in [0.05, 0.1) is 6.61 Å². The third-order valence-corrected chi connectivity index (χ3v) is 5.91. The van der Waals surface area contributed by atoms with Gasteiger partial charge in [-0.25, -0.2) is 0 Å². The number of likely N-dealkylation sites (tertiary alicyclic amines) is 1. The first-order valence-electron chi connectivity index (χ1n) is 10.9. The number of ether oxygens (including phenoxy) is 2. The highest BCUT2D eigenvalue weighted by atomic mass is 16.5. The fourth-order valence-corrected chi connectivity index (χ4v) is 4.05. The van der Waals surface area contributed by atoms with Crippen molar-refractivity contribution in [2.75, 3.05) is 33.4 Å². The number of hydrogen-bond acceptors (Lipinski definition) is 4. The van der Waals surface area contributed by atoms with Gasteiger partial charge in [-0.1, -0.05) is 26.8 Å². The molecule has 2 rings (SSSR count). The maximum absolute atomic E-state index is 12.2. The lowest BCUT2D eigenvalue weighted by Crippen LogP contribution is -2.45. The molecule has 0 aliphatic carbocycles. The Bertz CT molecular complexity index is 673. The van der Waals surface area contributed by atoms with Gasteiger partial charge in [0.2, 0.25) is 5.91 Å². The number of hydrogen-bond donors (Lipinski definition) is 1. The molecule has 1 N–H and O–H groups in total.